The molecule has 5 heterocycles. The third-order valence-corrected chi connectivity index (χ3v) is 9.27. The van der Waals surface area contributed by atoms with Crippen molar-refractivity contribution in [2.24, 2.45) is 0 Å². The van der Waals surface area contributed by atoms with Gasteiger partial charge in [0.25, 0.3) is 11.8 Å². The van der Waals surface area contributed by atoms with E-state index in [2.05, 4.69) is 15.0 Å². The van der Waals surface area contributed by atoms with Crippen LogP contribution >= 0.6 is 34.5 Å². The van der Waals surface area contributed by atoms with Gasteiger partial charge < -0.3 is 19.2 Å². The average Bonchev–Trinajstić information content (AvgIpc) is 3.65. The number of halogens is 2. The topological polar surface area (TPSA) is 95.7 Å². The van der Waals surface area contributed by atoms with Gasteiger partial charge in [0, 0.05) is 68.5 Å². The van der Waals surface area contributed by atoms with Crippen LogP contribution in [0.1, 0.15) is 50.4 Å². The Morgan fingerprint density at radius 2 is 1.59 bits per heavy atom. The molecule has 2 aliphatic heterocycles. The van der Waals surface area contributed by atoms with E-state index >= 15 is 0 Å². The highest BCUT2D eigenvalue weighted by Gasteiger charge is 2.32. The number of likely N-dealkylation sites (tertiary alicyclic amines) is 1. The molecule has 0 bridgehead atoms. The molecule has 0 saturated carbocycles. The normalized spacial score (nSPS) is 16.3. The van der Waals surface area contributed by atoms with Gasteiger partial charge in [-0.2, -0.15) is 0 Å². The van der Waals surface area contributed by atoms with Crippen molar-refractivity contribution >= 4 is 52.0 Å². The first-order chi connectivity index (χ1) is 19.9. The van der Waals surface area contributed by atoms with Gasteiger partial charge in [-0.25, -0.2) is 4.98 Å². The first kappa shape index (κ1) is 27.7. The number of thiazole rings is 1. The summed E-state index contributed by atoms with van der Waals surface area (Å²) in [5.41, 5.74) is 3.18. The minimum atomic E-state index is -0.0666. The van der Waals surface area contributed by atoms with Gasteiger partial charge in [-0.3, -0.25) is 14.6 Å². The van der Waals surface area contributed by atoms with E-state index in [4.69, 9.17) is 32.7 Å². The summed E-state index contributed by atoms with van der Waals surface area (Å²) in [6.07, 6.45) is 4.72. The van der Waals surface area contributed by atoms with E-state index in [1.54, 1.807) is 19.3 Å². The molecule has 41 heavy (non-hydrogen) atoms. The van der Waals surface area contributed by atoms with Gasteiger partial charge in [0.1, 0.15) is 22.7 Å². The number of piperidine rings is 1. The monoisotopic (exact) mass is 610 g/mol. The van der Waals surface area contributed by atoms with E-state index in [1.165, 1.54) is 11.3 Å². The average molecular weight is 612 g/mol. The zero-order valence-corrected chi connectivity index (χ0v) is 24.8. The smallest absolute Gasteiger partial charge is 0.273 e. The molecular formula is C29H28Cl2N6O3S. The van der Waals surface area contributed by atoms with Crippen molar-refractivity contribution in [3.05, 3.63) is 80.2 Å². The predicted octanol–water partition coefficient (Wildman–Crippen LogP) is 5.79. The molecular weight excluding hydrogens is 583 g/mol. The van der Waals surface area contributed by atoms with Crippen molar-refractivity contribution in [1.29, 1.82) is 0 Å². The summed E-state index contributed by atoms with van der Waals surface area (Å²) < 4.78 is 5.41. The van der Waals surface area contributed by atoms with E-state index in [0.717, 1.165) is 29.1 Å². The lowest BCUT2D eigenvalue weighted by atomic mass is 9.96. The van der Waals surface area contributed by atoms with Crippen molar-refractivity contribution in [2.75, 3.05) is 44.2 Å². The fourth-order valence-electron chi connectivity index (χ4n) is 5.48. The Balaban J connectivity index is 1.06. The molecule has 2 fully saturated rings. The number of carbonyl (C=O) groups is 2. The number of nitrogens with zero attached hydrogens (tertiary/aromatic N) is 6. The molecule has 0 atom stereocenters. The number of carbonyl (C=O) groups excluding carboxylic acids is 2. The Kier molecular flexibility index (Phi) is 7.96. The van der Waals surface area contributed by atoms with Gasteiger partial charge in [-0.1, -0.05) is 58.7 Å². The molecule has 9 nitrogen and oxygen atoms in total. The van der Waals surface area contributed by atoms with E-state index in [1.807, 2.05) is 45.5 Å². The number of hydrogen-bond donors (Lipinski definition) is 0. The molecule has 1 aromatic carbocycles. The number of aryl methyl sites for hydroxylation is 1. The number of hydrogen-bond acceptors (Lipinski definition) is 8. The van der Waals surface area contributed by atoms with Crippen LogP contribution in [0.3, 0.4) is 0 Å². The number of benzene rings is 1. The standard InChI is InChI=1S/C29H28Cl2N6O3S/c1-18-24(25(34-40-18)19-5-3-2-4-6-19)29(39)36-9-7-20(8-10-36)27-33-23(17-41-27)28(38)37-13-11-35(12-14-37)26-21(30)15-32-16-22(26)31/h2-6,15-17,20H,7-14H2,1H3. The van der Waals surface area contributed by atoms with E-state index in [-0.39, 0.29) is 17.7 Å². The number of piperazine rings is 1. The lowest BCUT2D eigenvalue weighted by molar-refractivity contribution is 0.0711. The van der Waals surface area contributed by atoms with Crippen molar-refractivity contribution in [3.63, 3.8) is 0 Å². The van der Waals surface area contributed by atoms with Gasteiger partial charge in [-0.05, 0) is 19.8 Å². The van der Waals surface area contributed by atoms with Crippen molar-refractivity contribution in [2.45, 2.75) is 25.7 Å². The fourth-order valence-corrected chi connectivity index (χ4v) is 7.05. The maximum absolute atomic E-state index is 13.5. The maximum Gasteiger partial charge on any atom is 0.273 e. The van der Waals surface area contributed by atoms with Crippen LogP contribution < -0.4 is 4.90 Å². The highest BCUT2D eigenvalue weighted by Crippen LogP contribution is 2.35. The van der Waals surface area contributed by atoms with Crippen molar-refractivity contribution in [3.8, 4) is 11.3 Å². The fraction of sp³-hybridized carbons (Fsp3) is 0.345. The lowest BCUT2D eigenvalue weighted by Crippen LogP contribution is -2.49. The third-order valence-electron chi connectivity index (χ3n) is 7.71. The Hall–Kier alpha value is -3.47. The second-order valence-corrected chi connectivity index (χ2v) is 11.9. The molecule has 2 saturated heterocycles. The van der Waals surface area contributed by atoms with E-state index in [9.17, 15) is 9.59 Å². The second-order valence-electron chi connectivity index (χ2n) is 10.2. The summed E-state index contributed by atoms with van der Waals surface area (Å²) in [7, 11) is 0. The Labute approximate surface area is 251 Å². The van der Waals surface area contributed by atoms with Gasteiger partial charge >= 0.3 is 0 Å². The van der Waals surface area contributed by atoms with Crippen LogP contribution in [0.5, 0.6) is 0 Å². The minimum absolute atomic E-state index is 0.0652. The summed E-state index contributed by atoms with van der Waals surface area (Å²) in [5, 5.41) is 7.97. The number of pyridine rings is 1. The quantitative estimate of drug-likeness (QED) is 0.282. The van der Waals surface area contributed by atoms with Crippen LogP contribution in [-0.2, 0) is 0 Å². The largest absolute Gasteiger partial charge is 0.365 e. The van der Waals surface area contributed by atoms with Crippen LogP contribution in [-0.4, -0.2) is 76.0 Å². The lowest BCUT2D eigenvalue weighted by Gasteiger charge is -2.36. The second kappa shape index (κ2) is 11.8. The Bertz CT molecular complexity index is 1540. The Morgan fingerprint density at radius 1 is 0.927 bits per heavy atom. The number of rotatable bonds is 5. The molecule has 0 spiro atoms. The van der Waals surface area contributed by atoms with Crippen LogP contribution in [0.25, 0.3) is 11.3 Å². The zero-order valence-electron chi connectivity index (χ0n) is 22.4. The van der Waals surface area contributed by atoms with Crippen molar-refractivity contribution in [1.82, 2.24) is 24.9 Å². The van der Waals surface area contributed by atoms with Crippen LogP contribution in [0.4, 0.5) is 5.69 Å². The van der Waals surface area contributed by atoms with E-state index < -0.39 is 0 Å². The number of aromatic nitrogens is 3. The minimum Gasteiger partial charge on any atom is -0.365 e. The molecule has 12 heteroatoms. The molecule has 0 radical (unpaired) electrons. The molecule has 0 N–H and O–H groups in total. The molecule has 3 aromatic heterocycles. The van der Waals surface area contributed by atoms with Gasteiger partial charge in [0.2, 0.25) is 0 Å². The molecule has 2 aliphatic rings. The van der Waals surface area contributed by atoms with Crippen molar-refractivity contribution < 1.29 is 14.1 Å². The number of amides is 2. The van der Waals surface area contributed by atoms with Crippen LogP contribution in [0, 0.1) is 6.92 Å². The van der Waals surface area contributed by atoms with Crippen LogP contribution in [0.2, 0.25) is 10.0 Å². The number of anilines is 1. The molecule has 212 valence electrons. The summed E-state index contributed by atoms with van der Waals surface area (Å²) in [6.45, 7) is 5.33. The Morgan fingerprint density at radius 3 is 2.27 bits per heavy atom. The van der Waals surface area contributed by atoms with E-state index in [0.29, 0.717) is 72.0 Å². The molecule has 2 amide bonds. The molecule has 4 aromatic rings. The molecule has 0 unspecified atom stereocenters. The summed E-state index contributed by atoms with van der Waals surface area (Å²) in [4.78, 5) is 41.3. The molecule has 0 aliphatic carbocycles. The molecule has 6 rings (SSSR count). The third kappa shape index (κ3) is 5.56. The highest BCUT2D eigenvalue weighted by molar-refractivity contribution is 7.09. The predicted molar refractivity (Wildman–Crippen MR) is 159 cm³/mol. The highest BCUT2D eigenvalue weighted by atomic mass is 35.5. The summed E-state index contributed by atoms with van der Waals surface area (Å²) in [6, 6.07) is 9.61. The SMILES string of the molecule is Cc1onc(-c2ccccc2)c1C(=O)N1CCC(c2nc(C(=O)N3CCN(c4c(Cl)cncc4Cl)CC3)cs2)CC1. The van der Waals surface area contributed by atoms with Gasteiger partial charge in [0.15, 0.2) is 0 Å². The summed E-state index contributed by atoms with van der Waals surface area (Å²) in [5.74, 6) is 0.593. The van der Waals surface area contributed by atoms with Gasteiger partial charge in [0.05, 0.1) is 20.7 Å². The summed E-state index contributed by atoms with van der Waals surface area (Å²) >= 11 is 14.2. The van der Waals surface area contributed by atoms with Gasteiger partial charge in [-0.15, -0.1) is 11.3 Å². The zero-order chi connectivity index (χ0) is 28.5. The van der Waals surface area contributed by atoms with Crippen LogP contribution in [0.15, 0.2) is 52.6 Å². The maximum atomic E-state index is 13.5. The first-order valence-corrected chi connectivity index (χ1v) is 15.1. The first-order valence-electron chi connectivity index (χ1n) is 13.5.